The molecule has 2 amide bonds. The molecule has 28 heavy (non-hydrogen) atoms. The molecule has 0 radical (unpaired) electrons. The second kappa shape index (κ2) is 8.83. The van der Waals surface area contributed by atoms with Crippen LogP contribution in [0.25, 0.3) is 0 Å². The van der Waals surface area contributed by atoms with Crippen LogP contribution in [0.1, 0.15) is 57.9 Å². The first-order valence-corrected chi connectivity index (χ1v) is 10.8. The lowest BCUT2D eigenvalue weighted by Crippen LogP contribution is -2.50. The van der Waals surface area contributed by atoms with Gasteiger partial charge in [-0.2, -0.15) is 0 Å². The Morgan fingerprint density at radius 3 is 2.29 bits per heavy atom. The molecule has 2 aliphatic rings. The predicted octanol–water partition coefficient (Wildman–Crippen LogP) is 3.48. The van der Waals surface area contributed by atoms with Crippen molar-refractivity contribution in [3.05, 3.63) is 34.9 Å². The zero-order chi connectivity index (χ0) is 20.3. The number of hydrogen-bond donors (Lipinski definition) is 2. The Morgan fingerprint density at radius 1 is 1.14 bits per heavy atom. The highest BCUT2D eigenvalue weighted by atomic mass is 35.5. The molecular weight excluding hydrogens is 376 g/mol. The van der Waals surface area contributed by atoms with Crippen LogP contribution < -0.4 is 5.32 Å². The van der Waals surface area contributed by atoms with Crippen LogP contribution in [0.5, 0.6) is 0 Å². The highest BCUT2D eigenvalue weighted by Crippen LogP contribution is 2.34. The van der Waals surface area contributed by atoms with Gasteiger partial charge < -0.3 is 15.3 Å². The summed E-state index contributed by atoms with van der Waals surface area (Å²) >= 11 is 5.94. The van der Waals surface area contributed by atoms with Crippen LogP contribution in [0.15, 0.2) is 24.3 Å². The Bertz CT molecular complexity index is 692. The lowest BCUT2D eigenvalue weighted by molar-refractivity contribution is -0.140. The van der Waals surface area contributed by atoms with Crippen molar-refractivity contribution in [3.63, 3.8) is 0 Å². The fraction of sp³-hybridized carbons (Fsp3) is 0.636. The summed E-state index contributed by atoms with van der Waals surface area (Å²) in [5.41, 5.74) is -0.0818. The highest BCUT2D eigenvalue weighted by molar-refractivity contribution is 6.30. The number of likely N-dealkylation sites (tertiary alicyclic amines) is 1. The van der Waals surface area contributed by atoms with E-state index in [1.807, 2.05) is 30.9 Å². The number of carbonyl (C=O) groups is 2. The molecule has 6 heteroatoms. The molecule has 1 aliphatic carbocycles. The first-order valence-electron chi connectivity index (χ1n) is 10.4. The van der Waals surface area contributed by atoms with Gasteiger partial charge in [0, 0.05) is 30.1 Å². The van der Waals surface area contributed by atoms with Crippen molar-refractivity contribution < 1.29 is 14.7 Å². The van der Waals surface area contributed by atoms with E-state index in [4.69, 9.17) is 11.6 Å². The third-order valence-electron chi connectivity index (χ3n) is 6.52. The minimum Gasteiger partial charge on any atom is -0.385 e. The Kier molecular flexibility index (Phi) is 6.66. The zero-order valence-corrected chi connectivity index (χ0v) is 17.5. The molecule has 1 aliphatic heterocycles. The third-order valence-corrected chi connectivity index (χ3v) is 6.77. The molecule has 0 aromatic heterocycles. The predicted molar refractivity (Wildman–Crippen MR) is 110 cm³/mol. The molecular formula is C22H31ClN2O3. The number of carbonyl (C=O) groups excluding carboxylic acids is 2. The van der Waals surface area contributed by atoms with Crippen molar-refractivity contribution in [2.24, 2.45) is 11.8 Å². The largest absolute Gasteiger partial charge is 0.385 e. The van der Waals surface area contributed by atoms with Gasteiger partial charge in [0.25, 0.3) is 0 Å². The maximum Gasteiger partial charge on any atom is 0.227 e. The highest BCUT2D eigenvalue weighted by Gasteiger charge is 2.37. The number of amides is 2. The van der Waals surface area contributed by atoms with Crippen molar-refractivity contribution >= 4 is 23.4 Å². The quantitative estimate of drug-likeness (QED) is 0.786. The van der Waals surface area contributed by atoms with Gasteiger partial charge in [-0.3, -0.25) is 9.59 Å². The van der Waals surface area contributed by atoms with Gasteiger partial charge in [0.1, 0.15) is 0 Å². The molecule has 1 saturated carbocycles. The summed E-state index contributed by atoms with van der Waals surface area (Å²) in [6.07, 6.45) is 5.13. The van der Waals surface area contributed by atoms with Crippen molar-refractivity contribution in [1.82, 2.24) is 10.2 Å². The summed E-state index contributed by atoms with van der Waals surface area (Å²) in [7, 11) is 0. The van der Waals surface area contributed by atoms with Gasteiger partial charge in [-0.1, -0.05) is 43.5 Å². The first kappa shape index (κ1) is 21.1. The average Bonchev–Trinajstić information content (AvgIpc) is 3.23. The lowest BCUT2D eigenvalue weighted by atomic mass is 9.84. The smallest absolute Gasteiger partial charge is 0.227 e. The molecule has 1 saturated heterocycles. The number of aliphatic hydroxyl groups is 1. The van der Waals surface area contributed by atoms with Gasteiger partial charge in [-0.25, -0.2) is 0 Å². The van der Waals surface area contributed by atoms with E-state index >= 15 is 0 Å². The normalized spacial score (nSPS) is 21.9. The van der Waals surface area contributed by atoms with Crippen molar-refractivity contribution in [3.8, 4) is 0 Å². The molecule has 1 aromatic carbocycles. The van der Waals surface area contributed by atoms with Crippen LogP contribution in [0.4, 0.5) is 0 Å². The minimum absolute atomic E-state index is 0.0392. The second-order valence-corrected chi connectivity index (χ2v) is 8.87. The van der Waals surface area contributed by atoms with E-state index in [2.05, 4.69) is 5.32 Å². The number of nitrogens with zero attached hydrogens (tertiary/aromatic N) is 1. The second-order valence-electron chi connectivity index (χ2n) is 8.43. The fourth-order valence-corrected chi connectivity index (χ4v) is 4.43. The van der Waals surface area contributed by atoms with Crippen molar-refractivity contribution in [2.75, 3.05) is 13.1 Å². The number of halogens is 1. The maximum atomic E-state index is 12.9. The summed E-state index contributed by atoms with van der Waals surface area (Å²) in [6, 6.07) is 7.07. The van der Waals surface area contributed by atoms with Crippen LogP contribution in [0, 0.1) is 11.8 Å². The molecule has 2 fully saturated rings. The Labute approximate surface area is 172 Å². The summed E-state index contributed by atoms with van der Waals surface area (Å²) in [4.78, 5) is 27.1. The van der Waals surface area contributed by atoms with E-state index < -0.39 is 5.60 Å². The summed E-state index contributed by atoms with van der Waals surface area (Å²) in [6.45, 7) is 4.79. The third kappa shape index (κ3) is 4.69. The molecule has 2 unspecified atom stereocenters. The molecule has 1 aromatic rings. The van der Waals surface area contributed by atoms with Crippen molar-refractivity contribution in [1.29, 1.82) is 0 Å². The number of nitrogens with one attached hydrogen (secondary N) is 1. The number of benzene rings is 1. The molecule has 154 valence electrons. The molecule has 2 atom stereocenters. The van der Waals surface area contributed by atoms with Crippen molar-refractivity contribution in [2.45, 2.75) is 64.0 Å². The van der Waals surface area contributed by atoms with Crippen LogP contribution in [0.2, 0.25) is 5.02 Å². The first-order chi connectivity index (χ1) is 13.3. The van der Waals surface area contributed by atoms with Gasteiger partial charge in [0.15, 0.2) is 0 Å². The molecule has 0 bridgehead atoms. The van der Waals surface area contributed by atoms with E-state index in [1.165, 1.54) is 0 Å². The van der Waals surface area contributed by atoms with Crippen LogP contribution in [0.3, 0.4) is 0 Å². The Balaban J connectivity index is 1.53. The SMILES string of the molecule is CC(NC(=O)C1CCCC1)C(C)C(=O)N1CCC(O)(c2ccc(Cl)cc2)CC1. The topological polar surface area (TPSA) is 69.6 Å². The summed E-state index contributed by atoms with van der Waals surface area (Å²) in [5.74, 6) is -0.0565. The summed E-state index contributed by atoms with van der Waals surface area (Å²) < 4.78 is 0. The lowest BCUT2D eigenvalue weighted by Gasteiger charge is -2.40. The van der Waals surface area contributed by atoms with E-state index in [1.54, 1.807) is 12.1 Å². The fourth-order valence-electron chi connectivity index (χ4n) is 4.30. The van der Waals surface area contributed by atoms with Crippen LogP contribution in [-0.4, -0.2) is 41.0 Å². The maximum absolute atomic E-state index is 12.9. The number of piperidine rings is 1. The van der Waals surface area contributed by atoms with Gasteiger partial charge in [0.05, 0.1) is 11.5 Å². The minimum atomic E-state index is -0.924. The monoisotopic (exact) mass is 406 g/mol. The number of hydrogen-bond acceptors (Lipinski definition) is 3. The van der Waals surface area contributed by atoms with Gasteiger partial charge in [-0.15, -0.1) is 0 Å². The van der Waals surface area contributed by atoms with E-state index in [9.17, 15) is 14.7 Å². The van der Waals surface area contributed by atoms with Gasteiger partial charge in [-0.05, 0) is 50.3 Å². The van der Waals surface area contributed by atoms with Gasteiger partial charge >= 0.3 is 0 Å². The molecule has 0 spiro atoms. The summed E-state index contributed by atoms with van der Waals surface area (Å²) in [5, 5.41) is 14.7. The number of rotatable bonds is 5. The van der Waals surface area contributed by atoms with Crippen LogP contribution in [-0.2, 0) is 15.2 Å². The van der Waals surface area contributed by atoms with E-state index in [0.29, 0.717) is 31.0 Å². The zero-order valence-electron chi connectivity index (χ0n) is 16.8. The van der Waals surface area contributed by atoms with E-state index in [0.717, 1.165) is 31.2 Å². The molecule has 2 N–H and O–H groups in total. The molecule has 3 rings (SSSR count). The van der Waals surface area contributed by atoms with E-state index in [-0.39, 0.29) is 29.7 Å². The molecule has 1 heterocycles. The Hall–Kier alpha value is -1.59. The standard InChI is InChI=1S/C22H31ClN2O3/c1-15(16(2)24-20(26)17-5-3-4-6-17)21(27)25-13-11-22(28,12-14-25)18-7-9-19(23)10-8-18/h7-10,15-17,28H,3-6,11-14H2,1-2H3,(H,24,26). The average molecular weight is 407 g/mol. The Morgan fingerprint density at radius 2 is 1.71 bits per heavy atom. The van der Waals surface area contributed by atoms with Crippen LogP contribution >= 0.6 is 11.6 Å². The molecule has 5 nitrogen and oxygen atoms in total. The van der Waals surface area contributed by atoms with Gasteiger partial charge in [0.2, 0.25) is 11.8 Å².